The first-order chi connectivity index (χ1) is 15.5. The zero-order valence-electron chi connectivity index (χ0n) is 18.1. The molecule has 3 aromatic rings. The Kier molecular flexibility index (Phi) is 6.07. The van der Waals surface area contributed by atoms with Gasteiger partial charge in [0, 0.05) is 37.7 Å². The molecule has 9 heteroatoms. The van der Waals surface area contributed by atoms with Gasteiger partial charge < -0.3 is 11.5 Å². The molecule has 3 heterocycles. The summed E-state index contributed by atoms with van der Waals surface area (Å²) in [5.41, 5.74) is 16.7. The van der Waals surface area contributed by atoms with E-state index in [1.807, 2.05) is 31.3 Å². The summed E-state index contributed by atoms with van der Waals surface area (Å²) in [7, 11) is 0. The second-order valence-electron chi connectivity index (χ2n) is 7.94. The summed E-state index contributed by atoms with van der Waals surface area (Å²) < 4.78 is 1.79. The number of benzene rings is 1. The number of primary amides is 1. The molecule has 1 amide bonds. The van der Waals surface area contributed by atoms with Crippen LogP contribution < -0.4 is 11.5 Å². The van der Waals surface area contributed by atoms with Crippen molar-refractivity contribution >= 4 is 29.7 Å². The summed E-state index contributed by atoms with van der Waals surface area (Å²) in [6.45, 7) is 4.43. The van der Waals surface area contributed by atoms with Crippen LogP contribution in [0.1, 0.15) is 41.9 Å². The number of allylic oxidation sites excluding steroid dienone is 1. The van der Waals surface area contributed by atoms with Crippen LogP contribution in [0.5, 0.6) is 0 Å². The summed E-state index contributed by atoms with van der Waals surface area (Å²) in [5, 5.41) is 13.1. The van der Waals surface area contributed by atoms with E-state index in [1.165, 1.54) is 0 Å². The Labute approximate surface area is 186 Å². The minimum absolute atomic E-state index is 0.0154. The fourth-order valence-electron chi connectivity index (χ4n) is 3.86. The van der Waals surface area contributed by atoms with Gasteiger partial charge >= 0.3 is 0 Å². The van der Waals surface area contributed by atoms with Crippen LogP contribution in [0, 0.1) is 12.8 Å². The van der Waals surface area contributed by atoms with Crippen LogP contribution >= 0.6 is 0 Å². The smallest absolute Gasteiger partial charge is 0.219 e. The van der Waals surface area contributed by atoms with Gasteiger partial charge in [-0.1, -0.05) is 19.1 Å². The average molecular weight is 431 g/mol. The maximum Gasteiger partial charge on any atom is 0.219 e. The number of rotatable bonds is 7. The average Bonchev–Trinajstić information content (AvgIpc) is 3.16. The predicted molar refractivity (Wildman–Crippen MR) is 124 cm³/mol. The Balaban J connectivity index is 1.56. The third-order valence-electron chi connectivity index (χ3n) is 5.62. The van der Waals surface area contributed by atoms with Crippen molar-refractivity contribution in [3.63, 3.8) is 0 Å². The lowest BCUT2D eigenvalue weighted by molar-refractivity contribution is -0.117. The second kappa shape index (κ2) is 9.09. The highest BCUT2D eigenvalue weighted by Crippen LogP contribution is 2.38. The quantitative estimate of drug-likeness (QED) is 0.554. The molecule has 4 N–H and O–H groups in total. The number of aliphatic imine (C=N–C) groups is 2. The van der Waals surface area contributed by atoms with Crippen molar-refractivity contribution < 1.29 is 4.79 Å². The van der Waals surface area contributed by atoms with Gasteiger partial charge in [0.25, 0.3) is 0 Å². The van der Waals surface area contributed by atoms with Crippen molar-refractivity contribution in [1.82, 2.24) is 19.8 Å². The minimum Gasteiger partial charge on any atom is -0.404 e. The molecule has 0 fully saturated rings. The lowest BCUT2D eigenvalue weighted by Crippen LogP contribution is -2.20. The molecule has 0 aliphatic carbocycles. The second-order valence-corrected chi connectivity index (χ2v) is 7.94. The summed E-state index contributed by atoms with van der Waals surface area (Å²) in [6, 6.07) is 10.1. The SMILES string of the molecule is Cc1ccc2nnc(Cc3ccc4c(c3)C(C)C(C(C=NCCC(N)=O)=CN)C=N4)n2n1. The van der Waals surface area contributed by atoms with E-state index < -0.39 is 0 Å². The Morgan fingerprint density at radius 1 is 1.25 bits per heavy atom. The van der Waals surface area contributed by atoms with Crippen LogP contribution in [0.15, 0.2) is 52.1 Å². The molecule has 2 unspecified atom stereocenters. The Hall–Kier alpha value is -3.88. The largest absolute Gasteiger partial charge is 0.404 e. The van der Waals surface area contributed by atoms with Crippen molar-refractivity contribution in [2.45, 2.75) is 32.6 Å². The molecule has 0 saturated carbocycles. The number of aromatic nitrogens is 4. The fraction of sp³-hybridized carbons (Fsp3) is 0.304. The van der Waals surface area contributed by atoms with Gasteiger partial charge in [-0.05, 0) is 53.9 Å². The van der Waals surface area contributed by atoms with Gasteiger partial charge in [-0.2, -0.15) is 9.61 Å². The highest BCUT2D eigenvalue weighted by Gasteiger charge is 2.26. The number of fused-ring (bicyclic) bond motifs is 2. The van der Waals surface area contributed by atoms with Crippen LogP contribution in [-0.4, -0.2) is 44.7 Å². The van der Waals surface area contributed by atoms with E-state index in [0.717, 1.165) is 39.6 Å². The van der Waals surface area contributed by atoms with Crippen LogP contribution in [-0.2, 0) is 11.2 Å². The monoisotopic (exact) mass is 430 g/mol. The number of carbonyl (C=O) groups excluding carboxylic acids is 1. The number of hydrogen-bond acceptors (Lipinski definition) is 7. The zero-order valence-corrected chi connectivity index (χ0v) is 18.1. The molecule has 2 atom stereocenters. The summed E-state index contributed by atoms with van der Waals surface area (Å²) in [5.74, 6) is 0.547. The van der Waals surface area contributed by atoms with Gasteiger partial charge in [0.2, 0.25) is 5.91 Å². The molecule has 32 heavy (non-hydrogen) atoms. The zero-order chi connectivity index (χ0) is 22.7. The highest BCUT2D eigenvalue weighted by molar-refractivity contribution is 5.89. The number of hydrogen-bond donors (Lipinski definition) is 2. The molecule has 0 radical (unpaired) electrons. The summed E-state index contributed by atoms with van der Waals surface area (Å²) in [6.07, 6.45) is 5.98. The molecule has 164 valence electrons. The molecule has 9 nitrogen and oxygen atoms in total. The van der Waals surface area contributed by atoms with Crippen molar-refractivity contribution in [1.29, 1.82) is 0 Å². The number of aryl methyl sites for hydroxylation is 1. The third-order valence-corrected chi connectivity index (χ3v) is 5.62. The topological polar surface area (TPSA) is 137 Å². The van der Waals surface area contributed by atoms with E-state index in [0.29, 0.717) is 13.0 Å². The van der Waals surface area contributed by atoms with Crippen molar-refractivity contribution in [2.75, 3.05) is 6.54 Å². The van der Waals surface area contributed by atoms with Crippen LogP contribution in [0.25, 0.3) is 5.65 Å². The molecule has 1 aromatic carbocycles. The predicted octanol–water partition coefficient (Wildman–Crippen LogP) is 2.25. The van der Waals surface area contributed by atoms with Crippen LogP contribution in [0.2, 0.25) is 0 Å². The molecule has 1 aliphatic rings. The standard InChI is InChI=1S/C23H26N8O/c1-14-3-6-22-28-29-23(31(22)30-14)10-16-4-5-20-18(9-16)15(2)19(13-27-20)17(11-24)12-26-8-7-21(25)32/h3-6,9,11-13,15,19H,7-8,10,24H2,1-2H3,(H2,25,32). The fourth-order valence-corrected chi connectivity index (χ4v) is 3.86. The first-order valence-electron chi connectivity index (χ1n) is 10.5. The number of carbonyl (C=O) groups is 1. The van der Waals surface area contributed by atoms with Crippen LogP contribution in [0.4, 0.5) is 5.69 Å². The van der Waals surface area contributed by atoms with Gasteiger partial charge in [0.05, 0.1) is 11.4 Å². The number of nitrogens with zero attached hydrogens (tertiary/aromatic N) is 6. The van der Waals surface area contributed by atoms with Crippen molar-refractivity contribution in [3.8, 4) is 0 Å². The van der Waals surface area contributed by atoms with E-state index in [2.05, 4.69) is 44.3 Å². The first-order valence-corrected chi connectivity index (χ1v) is 10.5. The first kappa shape index (κ1) is 21.4. The lowest BCUT2D eigenvalue weighted by Gasteiger charge is -2.27. The Morgan fingerprint density at radius 2 is 2.09 bits per heavy atom. The minimum atomic E-state index is -0.375. The van der Waals surface area contributed by atoms with Gasteiger partial charge in [0.15, 0.2) is 11.5 Å². The van der Waals surface area contributed by atoms with Crippen molar-refractivity contribution in [3.05, 3.63) is 64.8 Å². The normalized spacial score (nSPS) is 18.4. The van der Waals surface area contributed by atoms with Gasteiger partial charge in [-0.3, -0.25) is 14.8 Å². The molecule has 4 rings (SSSR count). The number of nitrogens with two attached hydrogens (primary N) is 2. The van der Waals surface area contributed by atoms with Gasteiger partial charge in [0.1, 0.15) is 0 Å². The highest BCUT2D eigenvalue weighted by atomic mass is 16.1. The van der Waals surface area contributed by atoms with E-state index in [1.54, 1.807) is 16.9 Å². The molecular weight excluding hydrogens is 404 g/mol. The maximum absolute atomic E-state index is 10.9. The number of amides is 1. The van der Waals surface area contributed by atoms with E-state index in [4.69, 9.17) is 11.5 Å². The van der Waals surface area contributed by atoms with E-state index >= 15 is 0 Å². The van der Waals surface area contributed by atoms with Crippen LogP contribution in [0.3, 0.4) is 0 Å². The van der Waals surface area contributed by atoms with E-state index in [-0.39, 0.29) is 24.2 Å². The Morgan fingerprint density at radius 3 is 2.88 bits per heavy atom. The summed E-state index contributed by atoms with van der Waals surface area (Å²) >= 11 is 0. The van der Waals surface area contributed by atoms with Crippen molar-refractivity contribution in [2.24, 2.45) is 27.4 Å². The van der Waals surface area contributed by atoms with Gasteiger partial charge in [-0.25, -0.2) is 0 Å². The molecule has 0 bridgehead atoms. The molecule has 0 spiro atoms. The molecule has 0 saturated heterocycles. The Bertz CT molecular complexity index is 1240. The van der Waals surface area contributed by atoms with E-state index in [9.17, 15) is 4.79 Å². The lowest BCUT2D eigenvalue weighted by atomic mass is 9.80. The summed E-state index contributed by atoms with van der Waals surface area (Å²) in [4.78, 5) is 19.9. The molecular formula is C23H26N8O. The molecule has 2 aromatic heterocycles. The molecule has 1 aliphatic heterocycles. The maximum atomic E-state index is 10.9. The third kappa shape index (κ3) is 4.41. The van der Waals surface area contributed by atoms with Gasteiger partial charge in [-0.15, -0.1) is 10.2 Å².